The van der Waals surface area contributed by atoms with Crippen molar-refractivity contribution in [1.29, 1.82) is 0 Å². The van der Waals surface area contributed by atoms with Gasteiger partial charge in [-0.05, 0) is 13.8 Å². The van der Waals surface area contributed by atoms with Gasteiger partial charge in [-0.3, -0.25) is 5.01 Å². The van der Waals surface area contributed by atoms with E-state index >= 15 is 0 Å². The average molecular weight is 112 g/mol. The predicted molar refractivity (Wildman–Crippen MR) is 36.7 cm³/mol. The molecule has 0 fully saturated rings. The number of allylic oxidation sites excluding steroid dienone is 1. The lowest BCUT2D eigenvalue weighted by Gasteiger charge is -2.09. The van der Waals surface area contributed by atoms with Crippen LogP contribution in [0.2, 0.25) is 0 Å². The molecule has 0 aromatic heterocycles. The van der Waals surface area contributed by atoms with Gasteiger partial charge in [-0.2, -0.15) is 5.10 Å². The quantitative estimate of drug-likeness (QED) is 0.390. The molecule has 46 valence electrons. The molecule has 2 heteroatoms. The van der Waals surface area contributed by atoms with Crippen molar-refractivity contribution in [3.63, 3.8) is 0 Å². The van der Waals surface area contributed by atoms with Crippen molar-refractivity contribution >= 4 is 6.21 Å². The first-order valence-corrected chi connectivity index (χ1v) is 2.56. The predicted octanol–water partition coefficient (Wildman–Crippen LogP) is 1.46. The summed E-state index contributed by atoms with van der Waals surface area (Å²) in [7, 11) is 1.86. The molecule has 0 heterocycles. The van der Waals surface area contributed by atoms with Crippen LogP contribution in [0, 0.1) is 0 Å². The molecule has 2 nitrogen and oxygen atoms in total. The summed E-state index contributed by atoms with van der Waals surface area (Å²) in [6.45, 7) is 7.47. The van der Waals surface area contributed by atoms with E-state index in [0.29, 0.717) is 0 Å². The van der Waals surface area contributed by atoms with Gasteiger partial charge in [-0.25, -0.2) is 0 Å². The molecule has 0 bridgehead atoms. The van der Waals surface area contributed by atoms with Crippen LogP contribution in [0.5, 0.6) is 0 Å². The molecule has 0 amide bonds. The Morgan fingerprint density at radius 2 is 2.25 bits per heavy atom. The molecule has 0 spiro atoms. The molecule has 0 saturated heterocycles. The summed E-state index contributed by atoms with van der Waals surface area (Å²) in [6.07, 6.45) is 1.73. The van der Waals surface area contributed by atoms with E-state index in [-0.39, 0.29) is 0 Å². The summed E-state index contributed by atoms with van der Waals surface area (Å²) >= 11 is 0. The molecule has 0 N–H and O–H groups in total. The van der Waals surface area contributed by atoms with Gasteiger partial charge in [0.1, 0.15) is 0 Å². The van der Waals surface area contributed by atoms with Crippen LogP contribution < -0.4 is 0 Å². The fourth-order valence-electron chi connectivity index (χ4n) is 0.272. The van der Waals surface area contributed by atoms with Gasteiger partial charge in [0.05, 0.1) is 0 Å². The highest BCUT2D eigenvalue weighted by Gasteiger charge is 1.85. The third-order valence-electron chi connectivity index (χ3n) is 0.841. The third kappa shape index (κ3) is 2.39. The van der Waals surface area contributed by atoms with E-state index < -0.39 is 0 Å². The van der Waals surface area contributed by atoms with Crippen molar-refractivity contribution in [1.82, 2.24) is 5.01 Å². The lowest BCUT2D eigenvalue weighted by atomic mass is 10.6. The fraction of sp³-hybridized carbons (Fsp3) is 0.500. The molecule has 0 saturated carbocycles. The van der Waals surface area contributed by atoms with Gasteiger partial charge < -0.3 is 0 Å². The minimum Gasteiger partial charge on any atom is -0.274 e. The van der Waals surface area contributed by atoms with Gasteiger partial charge in [0, 0.05) is 19.0 Å². The normalized spacial score (nSPS) is 9.88. The van der Waals surface area contributed by atoms with E-state index in [1.165, 1.54) is 0 Å². The smallest absolute Gasteiger partial charge is 0.0299 e. The maximum atomic E-state index is 3.93. The third-order valence-corrected chi connectivity index (χ3v) is 0.841. The largest absolute Gasteiger partial charge is 0.274 e. The molecule has 0 aromatic rings. The minimum absolute atomic E-state index is 0.947. The van der Waals surface area contributed by atoms with Crippen molar-refractivity contribution in [2.45, 2.75) is 13.8 Å². The second-order valence-corrected chi connectivity index (χ2v) is 1.63. The number of rotatable bonds is 2. The van der Waals surface area contributed by atoms with Crippen LogP contribution in [-0.4, -0.2) is 18.3 Å². The molecular formula is C6H12N2. The van der Waals surface area contributed by atoms with Gasteiger partial charge >= 0.3 is 0 Å². The molecule has 0 aliphatic rings. The lowest BCUT2D eigenvalue weighted by molar-refractivity contribution is 0.452. The van der Waals surface area contributed by atoms with E-state index in [1.54, 1.807) is 11.2 Å². The molecule has 8 heavy (non-hydrogen) atoms. The monoisotopic (exact) mass is 112 g/mol. The molecule has 0 atom stereocenters. The summed E-state index contributed by atoms with van der Waals surface area (Å²) in [6, 6.07) is 0. The number of nitrogens with zero attached hydrogens (tertiary/aromatic N) is 2. The summed E-state index contributed by atoms with van der Waals surface area (Å²) in [5.74, 6) is 0. The van der Waals surface area contributed by atoms with Gasteiger partial charge in [-0.1, -0.05) is 6.58 Å². The van der Waals surface area contributed by atoms with Gasteiger partial charge in [0.25, 0.3) is 0 Å². The Kier molecular flexibility index (Phi) is 2.92. The molecule has 0 radical (unpaired) electrons. The summed E-state index contributed by atoms with van der Waals surface area (Å²) in [5.41, 5.74) is 0.947. The van der Waals surface area contributed by atoms with Crippen molar-refractivity contribution in [3.8, 4) is 0 Å². The Morgan fingerprint density at radius 3 is 2.38 bits per heavy atom. The molecular weight excluding hydrogens is 100 g/mol. The second kappa shape index (κ2) is 3.24. The van der Waals surface area contributed by atoms with Gasteiger partial charge in [0.2, 0.25) is 0 Å². The topological polar surface area (TPSA) is 15.6 Å². The van der Waals surface area contributed by atoms with Crippen molar-refractivity contribution in [2.75, 3.05) is 7.05 Å². The summed E-state index contributed by atoms with van der Waals surface area (Å²) in [4.78, 5) is 0. The van der Waals surface area contributed by atoms with Crippen LogP contribution in [0.4, 0.5) is 0 Å². The fourth-order valence-corrected chi connectivity index (χ4v) is 0.272. The van der Waals surface area contributed by atoms with Crippen molar-refractivity contribution < 1.29 is 0 Å². The standard InChI is InChI=1S/C6H12N2/c1-5-7-8(4)6(2)3/h5H,2H2,1,3-4H3. The van der Waals surface area contributed by atoms with E-state index in [1.807, 2.05) is 20.9 Å². The lowest BCUT2D eigenvalue weighted by Crippen LogP contribution is -2.05. The van der Waals surface area contributed by atoms with E-state index in [2.05, 4.69) is 11.7 Å². The Morgan fingerprint density at radius 1 is 1.75 bits per heavy atom. The number of hydrogen-bond donors (Lipinski definition) is 0. The van der Waals surface area contributed by atoms with Crippen LogP contribution in [0.25, 0.3) is 0 Å². The van der Waals surface area contributed by atoms with Crippen LogP contribution in [0.15, 0.2) is 17.4 Å². The molecule has 0 unspecified atom stereocenters. The maximum absolute atomic E-state index is 3.93. The number of hydrazone groups is 1. The first kappa shape index (κ1) is 7.21. The average Bonchev–Trinajstić information content (AvgIpc) is 1.67. The van der Waals surface area contributed by atoms with Crippen molar-refractivity contribution in [2.24, 2.45) is 5.10 Å². The first-order chi connectivity index (χ1) is 3.68. The number of hydrogen-bond acceptors (Lipinski definition) is 2. The van der Waals surface area contributed by atoms with Crippen LogP contribution in [0.1, 0.15) is 13.8 Å². The highest BCUT2D eigenvalue weighted by atomic mass is 15.4. The highest BCUT2D eigenvalue weighted by molar-refractivity contribution is 5.52. The summed E-state index contributed by atoms with van der Waals surface area (Å²) < 4.78 is 0. The van der Waals surface area contributed by atoms with Crippen LogP contribution in [-0.2, 0) is 0 Å². The zero-order chi connectivity index (χ0) is 6.57. The molecule has 0 rings (SSSR count). The Bertz CT molecular complexity index is 105. The Hall–Kier alpha value is -0.790. The van der Waals surface area contributed by atoms with Crippen LogP contribution in [0.3, 0.4) is 0 Å². The van der Waals surface area contributed by atoms with E-state index in [0.717, 1.165) is 5.70 Å². The Balaban J connectivity index is 3.64. The van der Waals surface area contributed by atoms with E-state index in [4.69, 9.17) is 0 Å². The zero-order valence-corrected chi connectivity index (χ0v) is 5.68. The summed E-state index contributed by atoms with van der Waals surface area (Å²) in [5, 5.41) is 5.66. The molecule has 0 aliphatic heterocycles. The first-order valence-electron chi connectivity index (χ1n) is 2.56. The minimum atomic E-state index is 0.947. The zero-order valence-electron chi connectivity index (χ0n) is 5.68. The van der Waals surface area contributed by atoms with Crippen molar-refractivity contribution in [3.05, 3.63) is 12.3 Å². The molecule has 0 aliphatic carbocycles. The van der Waals surface area contributed by atoms with Crippen LogP contribution >= 0.6 is 0 Å². The van der Waals surface area contributed by atoms with Gasteiger partial charge in [-0.15, -0.1) is 0 Å². The second-order valence-electron chi connectivity index (χ2n) is 1.63. The van der Waals surface area contributed by atoms with E-state index in [9.17, 15) is 0 Å². The molecule has 0 aromatic carbocycles. The maximum Gasteiger partial charge on any atom is 0.0299 e. The Labute approximate surface area is 50.5 Å². The van der Waals surface area contributed by atoms with Gasteiger partial charge in [0.15, 0.2) is 0 Å². The SMILES string of the molecule is C=C(C)N(C)N=CC. The highest BCUT2D eigenvalue weighted by Crippen LogP contribution is 1.93.